The predicted octanol–water partition coefficient (Wildman–Crippen LogP) is 3.71. The lowest BCUT2D eigenvalue weighted by Gasteiger charge is -2.25. The molecule has 104 valence electrons. The summed E-state index contributed by atoms with van der Waals surface area (Å²) in [6, 6.07) is 0. The van der Waals surface area contributed by atoms with E-state index in [4.69, 9.17) is 0 Å². The van der Waals surface area contributed by atoms with Gasteiger partial charge in [0.15, 0.2) is 0 Å². The van der Waals surface area contributed by atoms with Crippen LogP contribution in [0, 0.1) is 5.41 Å². The van der Waals surface area contributed by atoms with Crippen LogP contribution in [0.3, 0.4) is 0 Å². The Balaban J connectivity index is 2.40. The summed E-state index contributed by atoms with van der Waals surface area (Å²) in [5, 5.41) is 11.5. The molecular weight excluding hydrogens is 224 g/mol. The maximum Gasteiger partial charge on any atom is 0.144 e. The minimum absolute atomic E-state index is 0.330. The lowest BCUT2D eigenvalue weighted by molar-refractivity contribution is 0.341. The van der Waals surface area contributed by atoms with Crippen LogP contribution in [-0.2, 0) is 6.54 Å². The van der Waals surface area contributed by atoms with Crippen LogP contribution in [0.4, 0.5) is 5.82 Å². The number of aromatic nitrogens is 3. The fourth-order valence-corrected chi connectivity index (χ4v) is 2.04. The van der Waals surface area contributed by atoms with Gasteiger partial charge in [0.05, 0.1) is 6.20 Å². The maximum atomic E-state index is 4.09. The van der Waals surface area contributed by atoms with Crippen LogP contribution >= 0.6 is 0 Å². The molecule has 0 bridgehead atoms. The Morgan fingerprint density at radius 3 is 2.67 bits per heavy atom. The van der Waals surface area contributed by atoms with Gasteiger partial charge in [0, 0.05) is 13.1 Å². The van der Waals surface area contributed by atoms with Crippen LogP contribution < -0.4 is 5.32 Å². The summed E-state index contributed by atoms with van der Waals surface area (Å²) in [7, 11) is 0. The molecule has 0 aliphatic rings. The lowest BCUT2D eigenvalue weighted by atomic mass is 9.87. The Morgan fingerprint density at radius 1 is 1.22 bits per heavy atom. The van der Waals surface area contributed by atoms with Crippen molar-refractivity contribution < 1.29 is 0 Å². The Morgan fingerprint density at radius 2 is 2.00 bits per heavy atom. The van der Waals surface area contributed by atoms with Gasteiger partial charge in [0.25, 0.3) is 0 Å². The SMILES string of the molecule is CCCCCC(C)(C)CNc1cnnn1CCC. The molecule has 1 N–H and O–H groups in total. The zero-order chi connectivity index (χ0) is 13.4. The van der Waals surface area contributed by atoms with Gasteiger partial charge in [0.2, 0.25) is 0 Å². The quantitative estimate of drug-likeness (QED) is 0.681. The predicted molar refractivity (Wildman–Crippen MR) is 76.7 cm³/mol. The molecule has 4 nitrogen and oxygen atoms in total. The van der Waals surface area contributed by atoms with Crippen LogP contribution in [-0.4, -0.2) is 21.5 Å². The molecule has 0 spiro atoms. The van der Waals surface area contributed by atoms with Crippen LogP contribution in [0.25, 0.3) is 0 Å². The average molecular weight is 252 g/mol. The van der Waals surface area contributed by atoms with Gasteiger partial charge in [-0.1, -0.05) is 52.2 Å². The molecule has 1 rings (SSSR count). The summed E-state index contributed by atoms with van der Waals surface area (Å²) in [6.45, 7) is 11.0. The minimum atomic E-state index is 0.330. The third kappa shape index (κ3) is 5.07. The van der Waals surface area contributed by atoms with E-state index in [-0.39, 0.29) is 0 Å². The fourth-order valence-electron chi connectivity index (χ4n) is 2.04. The fraction of sp³-hybridized carbons (Fsp3) is 0.857. The normalized spacial score (nSPS) is 11.8. The number of hydrogen-bond donors (Lipinski definition) is 1. The Hall–Kier alpha value is -1.06. The highest BCUT2D eigenvalue weighted by Crippen LogP contribution is 2.24. The van der Waals surface area contributed by atoms with Gasteiger partial charge in [-0.2, -0.15) is 0 Å². The highest BCUT2D eigenvalue weighted by molar-refractivity contribution is 5.31. The molecule has 4 heteroatoms. The first-order valence-electron chi connectivity index (χ1n) is 7.21. The van der Waals surface area contributed by atoms with E-state index in [9.17, 15) is 0 Å². The zero-order valence-corrected chi connectivity index (χ0v) is 12.4. The van der Waals surface area contributed by atoms with Crippen molar-refractivity contribution in [1.29, 1.82) is 0 Å². The van der Waals surface area contributed by atoms with E-state index >= 15 is 0 Å². The molecular formula is C14H28N4. The van der Waals surface area contributed by atoms with Crippen LogP contribution in [0.5, 0.6) is 0 Å². The second-order valence-electron chi connectivity index (χ2n) is 5.82. The number of unbranched alkanes of at least 4 members (excludes halogenated alkanes) is 2. The Bertz CT molecular complexity index is 330. The molecule has 0 amide bonds. The Labute approximate surface area is 111 Å². The van der Waals surface area contributed by atoms with E-state index in [0.29, 0.717) is 5.41 Å². The third-order valence-corrected chi connectivity index (χ3v) is 3.26. The first-order chi connectivity index (χ1) is 8.59. The smallest absolute Gasteiger partial charge is 0.144 e. The second-order valence-corrected chi connectivity index (χ2v) is 5.82. The average Bonchev–Trinajstić information content (AvgIpc) is 2.75. The van der Waals surface area contributed by atoms with Crippen molar-refractivity contribution in [2.24, 2.45) is 5.41 Å². The van der Waals surface area contributed by atoms with Crippen LogP contribution in [0.15, 0.2) is 6.20 Å². The van der Waals surface area contributed by atoms with E-state index in [0.717, 1.165) is 25.3 Å². The molecule has 1 aromatic rings. The summed E-state index contributed by atoms with van der Waals surface area (Å²) in [5.41, 5.74) is 0.330. The van der Waals surface area contributed by atoms with E-state index in [1.807, 2.05) is 10.9 Å². The van der Waals surface area contributed by atoms with Crippen molar-refractivity contribution in [3.8, 4) is 0 Å². The molecule has 0 unspecified atom stereocenters. The monoisotopic (exact) mass is 252 g/mol. The summed E-state index contributed by atoms with van der Waals surface area (Å²) in [4.78, 5) is 0. The third-order valence-electron chi connectivity index (χ3n) is 3.26. The van der Waals surface area contributed by atoms with Crippen molar-refractivity contribution >= 4 is 5.82 Å². The van der Waals surface area contributed by atoms with Gasteiger partial charge in [-0.15, -0.1) is 5.10 Å². The highest BCUT2D eigenvalue weighted by Gasteiger charge is 2.17. The topological polar surface area (TPSA) is 42.7 Å². The van der Waals surface area contributed by atoms with Crippen LogP contribution in [0.1, 0.15) is 59.8 Å². The van der Waals surface area contributed by atoms with E-state index in [1.165, 1.54) is 25.7 Å². The number of rotatable bonds is 9. The van der Waals surface area contributed by atoms with Crippen molar-refractivity contribution in [3.05, 3.63) is 6.20 Å². The van der Waals surface area contributed by atoms with Gasteiger partial charge in [0.1, 0.15) is 5.82 Å². The summed E-state index contributed by atoms with van der Waals surface area (Å²) >= 11 is 0. The molecule has 0 saturated carbocycles. The molecule has 1 heterocycles. The number of anilines is 1. The number of aryl methyl sites for hydroxylation is 1. The molecule has 0 aliphatic carbocycles. The summed E-state index contributed by atoms with van der Waals surface area (Å²) < 4.78 is 1.95. The molecule has 0 aromatic carbocycles. The molecule has 0 radical (unpaired) electrons. The molecule has 18 heavy (non-hydrogen) atoms. The number of hydrogen-bond acceptors (Lipinski definition) is 3. The van der Waals surface area contributed by atoms with Crippen molar-refractivity contribution in [3.63, 3.8) is 0 Å². The van der Waals surface area contributed by atoms with Gasteiger partial charge < -0.3 is 5.32 Å². The van der Waals surface area contributed by atoms with E-state index < -0.39 is 0 Å². The lowest BCUT2D eigenvalue weighted by Crippen LogP contribution is -2.24. The van der Waals surface area contributed by atoms with Gasteiger partial charge >= 0.3 is 0 Å². The molecule has 0 atom stereocenters. The summed E-state index contributed by atoms with van der Waals surface area (Å²) in [5.74, 6) is 1.04. The second kappa shape index (κ2) is 7.39. The van der Waals surface area contributed by atoms with E-state index in [1.54, 1.807) is 0 Å². The standard InChI is InChI=1S/C14H28N4/c1-5-7-8-9-14(3,4)12-15-13-11-16-17-18(13)10-6-2/h11,15H,5-10,12H2,1-4H3. The minimum Gasteiger partial charge on any atom is -0.368 e. The van der Waals surface area contributed by atoms with Crippen molar-refractivity contribution in [2.45, 2.75) is 66.3 Å². The molecule has 0 fully saturated rings. The molecule has 1 aromatic heterocycles. The molecule has 0 saturated heterocycles. The summed E-state index contributed by atoms with van der Waals surface area (Å²) in [6.07, 6.45) is 8.10. The number of nitrogens with one attached hydrogen (secondary N) is 1. The number of nitrogens with zero attached hydrogens (tertiary/aromatic N) is 3. The van der Waals surface area contributed by atoms with Crippen molar-refractivity contribution in [2.75, 3.05) is 11.9 Å². The van der Waals surface area contributed by atoms with E-state index in [2.05, 4.69) is 43.3 Å². The van der Waals surface area contributed by atoms with Gasteiger partial charge in [-0.3, -0.25) is 0 Å². The van der Waals surface area contributed by atoms with Gasteiger partial charge in [-0.05, 0) is 18.3 Å². The largest absolute Gasteiger partial charge is 0.368 e. The Kier molecular flexibility index (Phi) is 6.16. The maximum absolute atomic E-state index is 4.09. The van der Waals surface area contributed by atoms with Gasteiger partial charge in [-0.25, -0.2) is 4.68 Å². The zero-order valence-electron chi connectivity index (χ0n) is 12.4. The van der Waals surface area contributed by atoms with Crippen LogP contribution in [0.2, 0.25) is 0 Å². The molecule has 0 aliphatic heterocycles. The first-order valence-corrected chi connectivity index (χ1v) is 7.21. The highest BCUT2D eigenvalue weighted by atomic mass is 15.4. The first kappa shape index (κ1) is 15.0. The van der Waals surface area contributed by atoms with Crippen molar-refractivity contribution in [1.82, 2.24) is 15.0 Å².